The van der Waals surface area contributed by atoms with Gasteiger partial charge in [0, 0.05) is 35.7 Å². The highest BCUT2D eigenvalue weighted by atomic mass is 16.5. The Bertz CT molecular complexity index is 1110. The molecule has 1 aliphatic carbocycles. The van der Waals surface area contributed by atoms with Gasteiger partial charge in [0.25, 0.3) is 0 Å². The second-order valence-corrected chi connectivity index (χ2v) is 8.82. The normalized spacial score (nSPS) is 14.1. The fraction of sp³-hybridized carbons (Fsp3) is 0.414. The van der Waals surface area contributed by atoms with Gasteiger partial charge in [-0.05, 0) is 56.1 Å². The summed E-state index contributed by atoms with van der Waals surface area (Å²) in [5.74, 6) is 0.0594. The summed E-state index contributed by atoms with van der Waals surface area (Å²) in [6.07, 6.45) is 4.96. The van der Waals surface area contributed by atoms with E-state index in [1.54, 1.807) is 21.3 Å². The molecular formula is C29H37NO8. The lowest BCUT2D eigenvalue weighted by atomic mass is 9.98. The van der Waals surface area contributed by atoms with Crippen LogP contribution in [0.3, 0.4) is 0 Å². The second-order valence-electron chi connectivity index (χ2n) is 8.82. The highest BCUT2D eigenvalue weighted by Gasteiger charge is 2.31. The van der Waals surface area contributed by atoms with E-state index in [9.17, 15) is 14.4 Å². The number of carbonyl (C=O) groups excluding carboxylic acids is 1. The number of nitrogens with zero attached hydrogens (tertiary/aromatic N) is 1. The minimum absolute atomic E-state index is 0.0705. The summed E-state index contributed by atoms with van der Waals surface area (Å²) >= 11 is 0. The van der Waals surface area contributed by atoms with Crippen molar-refractivity contribution in [2.45, 2.75) is 39.2 Å². The van der Waals surface area contributed by atoms with Crippen LogP contribution < -0.4 is 14.2 Å². The lowest BCUT2D eigenvalue weighted by Crippen LogP contribution is -2.24. The van der Waals surface area contributed by atoms with Crippen molar-refractivity contribution in [1.82, 2.24) is 4.90 Å². The van der Waals surface area contributed by atoms with Crippen LogP contribution in [0.1, 0.15) is 47.7 Å². The predicted octanol–water partition coefficient (Wildman–Crippen LogP) is 4.47. The number of hydrogen-bond acceptors (Lipinski definition) is 7. The molecule has 0 fully saturated rings. The topological polar surface area (TPSA) is 123 Å². The van der Waals surface area contributed by atoms with Crippen molar-refractivity contribution in [1.29, 1.82) is 0 Å². The number of para-hydroxylation sites is 1. The van der Waals surface area contributed by atoms with Gasteiger partial charge in [-0.1, -0.05) is 31.5 Å². The zero-order chi connectivity index (χ0) is 28.1. The van der Waals surface area contributed by atoms with Crippen LogP contribution in [0.15, 0.2) is 48.6 Å². The second kappa shape index (κ2) is 15.4. The Labute approximate surface area is 223 Å². The van der Waals surface area contributed by atoms with Crippen molar-refractivity contribution >= 4 is 17.7 Å². The van der Waals surface area contributed by atoms with Gasteiger partial charge < -0.3 is 24.4 Å². The van der Waals surface area contributed by atoms with Crippen LogP contribution >= 0.6 is 0 Å². The van der Waals surface area contributed by atoms with Crippen LogP contribution in [-0.2, 0) is 22.6 Å². The molecule has 2 aromatic carbocycles. The average Bonchev–Trinajstić information content (AvgIpc) is 3.22. The fourth-order valence-electron chi connectivity index (χ4n) is 4.42. The van der Waals surface area contributed by atoms with Gasteiger partial charge in [-0.2, -0.15) is 0 Å². The third kappa shape index (κ3) is 8.92. The maximum Gasteiger partial charge on any atom is 0.328 e. The highest BCUT2D eigenvalue weighted by Crippen LogP contribution is 2.38. The van der Waals surface area contributed by atoms with Crippen LogP contribution in [-0.4, -0.2) is 67.3 Å². The van der Waals surface area contributed by atoms with E-state index in [4.69, 9.17) is 24.4 Å². The molecule has 0 aliphatic heterocycles. The Morgan fingerprint density at radius 2 is 1.55 bits per heavy atom. The van der Waals surface area contributed by atoms with Gasteiger partial charge in [0.15, 0.2) is 17.3 Å². The van der Waals surface area contributed by atoms with Gasteiger partial charge in [-0.3, -0.25) is 9.69 Å². The minimum Gasteiger partial charge on any atom is -0.496 e. The average molecular weight is 528 g/mol. The molecule has 0 saturated carbocycles. The first-order valence-corrected chi connectivity index (χ1v) is 12.5. The van der Waals surface area contributed by atoms with E-state index in [2.05, 4.69) is 24.0 Å². The first kappa shape index (κ1) is 30.4. The van der Waals surface area contributed by atoms with E-state index in [0.29, 0.717) is 23.7 Å². The Morgan fingerprint density at radius 1 is 0.947 bits per heavy atom. The quantitative estimate of drug-likeness (QED) is 0.287. The first-order chi connectivity index (χ1) is 18.2. The lowest BCUT2D eigenvalue weighted by Gasteiger charge is -2.22. The van der Waals surface area contributed by atoms with Crippen molar-refractivity contribution < 1.29 is 38.8 Å². The third-order valence-corrected chi connectivity index (χ3v) is 6.39. The number of fused-ring (bicyclic) bond motifs is 1. The maximum atomic E-state index is 12.8. The molecule has 9 heteroatoms. The van der Waals surface area contributed by atoms with Crippen LogP contribution in [0.4, 0.5) is 0 Å². The van der Waals surface area contributed by atoms with Crippen molar-refractivity contribution in [3.8, 4) is 17.2 Å². The molecule has 0 amide bonds. The number of ketones is 1. The molecule has 3 rings (SSSR count). The molecule has 0 radical (unpaired) electrons. The van der Waals surface area contributed by atoms with Gasteiger partial charge in [0.2, 0.25) is 0 Å². The number of carbonyl (C=O) groups is 3. The van der Waals surface area contributed by atoms with Gasteiger partial charge in [-0.25, -0.2) is 9.59 Å². The Balaban J connectivity index is 0.000000550. The number of ether oxygens (including phenoxy) is 3. The molecule has 0 heterocycles. The summed E-state index contributed by atoms with van der Waals surface area (Å²) in [4.78, 5) is 34.4. The molecule has 1 atom stereocenters. The summed E-state index contributed by atoms with van der Waals surface area (Å²) in [6.45, 7) is 5.08. The van der Waals surface area contributed by atoms with Crippen LogP contribution in [0.2, 0.25) is 0 Å². The Morgan fingerprint density at radius 3 is 2.13 bits per heavy atom. The van der Waals surface area contributed by atoms with Gasteiger partial charge in [0.1, 0.15) is 5.75 Å². The molecule has 1 aliphatic rings. The standard InChI is InChI=1S/C25H33NO4.C4H4O4/c1-5-26(17-19-11-6-7-12-22(19)28-2)13-9-8-10-18-14-20-15-23(29-3)24(30-4)16-21(20)25(18)27;5-3(6)1-2-4(7)8/h6-7,11-12,15-16,18H,5,8-10,13-14,17H2,1-4H3;1-2H,(H,5,6)(H,7,8)/b;2-1+. The SMILES string of the molecule is CCN(CCCCC1Cc2cc(OC)c(OC)cc2C1=O)Cc1ccccc1OC.O=C(O)/C=C/C(=O)O. The molecule has 0 aromatic heterocycles. The van der Waals surface area contributed by atoms with Crippen LogP contribution in [0.5, 0.6) is 17.2 Å². The Hall–Kier alpha value is -3.85. The monoisotopic (exact) mass is 527 g/mol. The Kier molecular flexibility index (Phi) is 12.3. The number of aliphatic carboxylic acids is 2. The van der Waals surface area contributed by atoms with Gasteiger partial charge in [0.05, 0.1) is 21.3 Å². The smallest absolute Gasteiger partial charge is 0.328 e. The number of benzene rings is 2. The summed E-state index contributed by atoms with van der Waals surface area (Å²) in [6, 6.07) is 12.0. The van der Waals surface area contributed by atoms with Crippen molar-refractivity contribution in [2.24, 2.45) is 5.92 Å². The predicted molar refractivity (Wildman–Crippen MR) is 143 cm³/mol. The van der Waals surface area contributed by atoms with Crippen molar-refractivity contribution in [2.75, 3.05) is 34.4 Å². The molecule has 0 bridgehead atoms. The molecule has 0 spiro atoms. The molecule has 0 saturated heterocycles. The minimum atomic E-state index is -1.26. The number of carboxylic acid groups (broad SMARTS) is 2. The molecule has 2 aromatic rings. The summed E-state index contributed by atoms with van der Waals surface area (Å²) in [7, 11) is 4.95. The zero-order valence-corrected chi connectivity index (χ0v) is 22.4. The fourth-order valence-corrected chi connectivity index (χ4v) is 4.42. The summed E-state index contributed by atoms with van der Waals surface area (Å²) in [5, 5.41) is 15.6. The summed E-state index contributed by atoms with van der Waals surface area (Å²) < 4.78 is 16.2. The molecule has 206 valence electrons. The van der Waals surface area contributed by atoms with Crippen LogP contribution in [0, 0.1) is 5.92 Å². The molecular weight excluding hydrogens is 490 g/mol. The van der Waals surface area contributed by atoms with Crippen molar-refractivity contribution in [3.63, 3.8) is 0 Å². The molecule has 38 heavy (non-hydrogen) atoms. The van der Waals surface area contributed by atoms with E-state index < -0.39 is 11.9 Å². The number of hydrogen-bond donors (Lipinski definition) is 2. The largest absolute Gasteiger partial charge is 0.496 e. The summed E-state index contributed by atoms with van der Waals surface area (Å²) in [5.41, 5.74) is 3.09. The number of rotatable bonds is 13. The lowest BCUT2D eigenvalue weighted by molar-refractivity contribution is -0.134. The maximum absolute atomic E-state index is 12.8. The number of methoxy groups -OCH3 is 3. The number of carboxylic acids is 2. The first-order valence-electron chi connectivity index (χ1n) is 12.5. The molecule has 9 nitrogen and oxygen atoms in total. The van der Waals surface area contributed by atoms with Gasteiger partial charge in [-0.15, -0.1) is 0 Å². The van der Waals surface area contributed by atoms with E-state index in [0.717, 1.165) is 62.2 Å². The highest BCUT2D eigenvalue weighted by molar-refractivity contribution is 6.02. The van der Waals surface area contributed by atoms with Gasteiger partial charge >= 0.3 is 11.9 Å². The number of Topliss-reactive ketones (excluding diaryl/α,β-unsaturated/α-hetero) is 1. The van der Waals surface area contributed by atoms with Crippen LogP contribution in [0.25, 0.3) is 0 Å². The van der Waals surface area contributed by atoms with E-state index in [1.807, 2.05) is 24.3 Å². The van der Waals surface area contributed by atoms with Crippen molar-refractivity contribution in [3.05, 3.63) is 65.2 Å². The number of unbranched alkanes of at least 4 members (excludes halogenated alkanes) is 1. The molecule has 2 N–H and O–H groups in total. The van der Waals surface area contributed by atoms with E-state index >= 15 is 0 Å². The molecule has 1 unspecified atom stereocenters. The van der Waals surface area contributed by atoms with E-state index in [1.165, 1.54) is 5.56 Å². The van der Waals surface area contributed by atoms with E-state index in [-0.39, 0.29) is 11.7 Å². The third-order valence-electron chi connectivity index (χ3n) is 6.39. The zero-order valence-electron chi connectivity index (χ0n) is 22.4.